The Morgan fingerprint density at radius 3 is 2.64 bits per heavy atom. The molecule has 134 valence electrons. The summed E-state index contributed by atoms with van der Waals surface area (Å²) in [7, 11) is 0. The van der Waals surface area contributed by atoms with Crippen LogP contribution in [0.15, 0.2) is 35.5 Å². The molecule has 1 fully saturated rings. The number of benzene rings is 1. The van der Waals surface area contributed by atoms with Gasteiger partial charge in [-0.3, -0.25) is 9.89 Å². The molecular weight excluding hydrogens is 353 g/mol. The van der Waals surface area contributed by atoms with E-state index in [-0.39, 0.29) is 12.3 Å². The number of carbonyl (C=O) groups is 1. The molecule has 3 rings (SSSR count). The maximum absolute atomic E-state index is 12.8. The molecule has 1 saturated carbocycles. The number of amides is 1. The van der Waals surface area contributed by atoms with Gasteiger partial charge in [0.15, 0.2) is 0 Å². The van der Waals surface area contributed by atoms with Crippen molar-refractivity contribution in [3.05, 3.63) is 41.7 Å². The SMILES string of the molecule is O=C(CSc1n[nH]c(C2CC2)n1)N(Cc1ccccc1)CC(F)(F)F. The van der Waals surface area contributed by atoms with E-state index in [0.717, 1.165) is 35.3 Å². The van der Waals surface area contributed by atoms with E-state index < -0.39 is 18.6 Å². The van der Waals surface area contributed by atoms with Crippen LogP contribution < -0.4 is 0 Å². The fourth-order valence-corrected chi connectivity index (χ4v) is 3.04. The van der Waals surface area contributed by atoms with Crippen molar-refractivity contribution in [1.82, 2.24) is 20.1 Å². The molecule has 0 bridgehead atoms. The van der Waals surface area contributed by atoms with Gasteiger partial charge >= 0.3 is 6.18 Å². The molecule has 0 unspecified atom stereocenters. The van der Waals surface area contributed by atoms with Gasteiger partial charge in [0.05, 0.1) is 5.75 Å². The smallest absolute Gasteiger partial charge is 0.329 e. The lowest BCUT2D eigenvalue weighted by Crippen LogP contribution is -2.39. The van der Waals surface area contributed by atoms with E-state index in [1.807, 2.05) is 0 Å². The van der Waals surface area contributed by atoms with Gasteiger partial charge in [0.2, 0.25) is 11.1 Å². The second-order valence-corrected chi connectivity index (χ2v) is 6.86. The highest BCUT2D eigenvalue weighted by molar-refractivity contribution is 7.99. The molecule has 1 heterocycles. The number of carbonyl (C=O) groups excluding carboxylic acids is 1. The van der Waals surface area contributed by atoms with Gasteiger partial charge in [-0.2, -0.15) is 13.2 Å². The van der Waals surface area contributed by atoms with Gasteiger partial charge < -0.3 is 4.90 Å². The molecule has 1 aliphatic carbocycles. The summed E-state index contributed by atoms with van der Waals surface area (Å²) in [5, 5.41) is 7.20. The Bertz CT molecular complexity index is 716. The normalized spacial score (nSPS) is 14.5. The van der Waals surface area contributed by atoms with Crippen LogP contribution >= 0.6 is 11.8 Å². The van der Waals surface area contributed by atoms with Gasteiger partial charge in [0.25, 0.3) is 0 Å². The standard InChI is InChI=1S/C16H17F3N4OS/c17-16(18,19)10-23(8-11-4-2-1-3-5-11)13(24)9-25-15-20-14(21-22-15)12-6-7-12/h1-5,12H,6-10H2,(H,20,21,22). The number of nitrogens with zero attached hydrogens (tertiary/aromatic N) is 3. The van der Waals surface area contributed by atoms with Crippen molar-refractivity contribution in [3.8, 4) is 0 Å². The van der Waals surface area contributed by atoms with E-state index in [4.69, 9.17) is 0 Å². The third kappa shape index (κ3) is 5.48. The number of rotatable bonds is 7. The van der Waals surface area contributed by atoms with E-state index in [9.17, 15) is 18.0 Å². The Labute approximate surface area is 147 Å². The highest BCUT2D eigenvalue weighted by atomic mass is 32.2. The number of aromatic amines is 1. The summed E-state index contributed by atoms with van der Waals surface area (Å²) in [4.78, 5) is 17.4. The van der Waals surface area contributed by atoms with E-state index >= 15 is 0 Å². The topological polar surface area (TPSA) is 61.9 Å². The Morgan fingerprint density at radius 1 is 1.28 bits per heavy atom. The van der Waals surface area contributed by atoms with Crippen LogP contribution in [0.1, 0.15) is 30.1 Å². The van der Waals surface area contributed by atoms with E-state index in [1.165, 1.54) is 0 Å². The van der Waals surface area contributed by atoms with Crippen LogP contribution in [0.25, 0.3) is 0 Å². The monoisotopic (exact) mass is 370 g/mol. The minimum atomic E-state index is -4.45. The quantitative estimate of drug-likeness (QED) is 0.759. The largest absolute Gasteiger partial charge is 0.406 e. The van der Waals surface area contributed by atoms with Crippen LogP contribution in [0.4, 0.5) is 13.2 Å². The lowest BCUT2D eigenvalue weighted by Gasteiger charge is -2.23. The first-order chi connectivity index (χ1) is 11.9. The number of nitrogens with one attached hydrogen (secondary N) is 1. The molecule has 0 aliphatic heterocycles. The zero-order chi connectivity index (χ0) is 17.9. The van der Waals surface area contributed by atoms with Crippen molar-refractivity contribution < 1.29 is 18.0 Å². The Morgan fingerprint density at radius 2 is 2.00 bits per heavy atom. The Kier molecular flexibility index (Phi) is 5.31. The van der Waals surface area contributed by atoms with E-state index in [2.05, 4.69) is 15.2 Å². The summed E-state index contributed by atoms with van der Waals surface area (Å²) < 4.78 is 38.4. The van der Waals surface area contributed by atoms with Gasteiger partial charge in [-0.25, -0.2) is 4.98 Å². The molecule has 1 aliphatic rings. The summed E-state index contributed by atoms with van der Waals surface area (Å²) in [5.74, 6) is 0.456. The second-order valence-electron chi connectivity index (χ2n) is 5.92. The van der Waals surface area contributed by atoms with Gasteiger partial charge in [0, 0.05) is 12.5 Å². The number of alkyl halides is 3. The molecule has 0 atom stereocenters. The van der Waals surface area contributed by atoms with Gasteiger partial charge in [-0.05, 0) is 18.4 Å². The number of hydrogen-bond donors (Lipinski definition) is 1. The molecule has 25 heavy (non-hydrogen) atoms. The summed E-state index contributed by atoms with van der Waals surface area (Å²) in [6.07, 6.45) is -2.32. The lowest BCUT2D eigenvalue weighted by molar-refractivity contribution is -0.160. The molecule has 1 amide bonds. The predicted octanol–water partition coefficient (Wildman–Crippen LogP) is 3.37. The minimum Gasteiger partial charge on any atom is -0.329 e. The fraction of sp³-hybridized carbons (Fsp3) is 0.438. The summed E-state index contributed by atoms with van der Waals surface area (Å²) in [6, 6.07) is 8.62. The zero-order valence-electron chi connectivity index (χ0n) is 13.3. The average Bonchev–Trinajstić information content (AvgIpc) is 3.30. The molecule has 0 spiro atoms. The van der Waals surface area contributed by atoms with Gasteiger partial charge in [0.1, 0.15) is 12.4 Å². The first kappa shape index (κ1) is 17.8. The van der Waals surface area contributed by atoms with Gasteiger partial charge in [-0.1, -0.05) is 42.1 Å². The van der Waals surface area contributed by atoms with Crippen LogP contribution in [-0.4, -0.2) is 44.5 Å². The van der Waals surface area contributed by atoms with Crippen molar-refractivity contribution in [3.63, 3.8) is 0 Å². The number of H-pyrrole nitrogens is 1. The highest BCUT2D eigenvalue weighted by Gasteiger charge is 2.33. The molecule has 1 aromatic carbocycles. The summed E-state index contributed by atoms with van der Waals surface area (Å²) >= 11 is 1.05. The van der Waals surface area contributed by atoms with Crippen molar-refractivity contribution in [2.45, 2.75) is 36.6 Å². The molecule has 0 saturated heterocycles. The Balaban J connectivity index is 1.60. The predicted molar refractivity (Wildman–Crippen MR) is 87.0 cm³/mol. The lowest BCUT2D eigenvalue weighted by atomic mass is 10.2. The average molecular weight is 370 g/mol. The maximum atomic E-state index is 12.8. The van der Waals surface area contributed by atoms with E-state index in [1.54, 1.807) is 30.3 Å². The van der Waals surface area contributed by atoms with Crippen molar-refractivity contribution >= 4 is 17.7 Å². The molecule has 0 radical (unpaired) electrons. The van der Waals surface area contributed by atoms with Crippen molar-refractivity contribution in [2.24, 2.45) is 0 Å². The number of thioether (sulfide) groups is 1. The van der Waals surface area contributed by atoms with E-state index in [0.29, 0.717) is 16.6 Å². The molecule has 2 aromatic rings. The van der Waals surface area contributed by atoms with Gasteiger partial charge in [-0.15, -0.1) is 5.10 Å². The number of aromatic nitrogens is 3. The number of hydrogen-bond acceptors (Lipinski definition) is 4. The highest BCUT2D eigenvalue weighted by Crippen LogP contribution is 2.38. The molecule has 1 N–H and O–H groups in total. The van der Waals surface area contributed by atoms with Crippen LogP contribution in [0.2, 0.25) is 0 Å². The van der Waals surface area contributed by atoms with Crippen LogP contribution in [0.3, 0.4) is 0 Å². The molecular formula is C16H17F3N4OS. The Hall–Kier alpha value is -2.03. The van der Waals surface area contributed by atoms with Crippen LogP contribution in [0, 0.1) is 0 Å². The first-order valence-electron chi connectivity index (χ1n) is 7.84. The molecule has 1 aromatic heterocycles. The first-order valence-corrected chi connectivity index (χ1v) is 8.83. The van der Waals surface area contributed by atoms with Crippen molar-refractivity contribution in [2.75, 3.05) is 12.3 Å². The summed E-state index contributed by atoms with van der Waals surface area (Å²) in [6.45, 7) is -1.36. The zero-order valence-corrected chi connectivity index (χ0v) is 14.1. The maximum Gasteiger partial charge on any atom is 0.406 e. The molecule has 9 heteroatoms. The summed E-state index contributed by atoms with van der Waals surface area (Å²) in [5.41, 5.74) is 0.652. The number of halogens is 3. The third-order valence-corrected chi connectivity index (χ3v) is 4.54. The second kappa shape index (κ2) is 7.47. The molecule has 5 nitrogen and oxygen atoms in total. The van der Waals surface area contributed by atoms with Crippen molar-refractivity contribution in [1.29, 1.82) is 0 Å². The fourth-order valence-electron chi connectivity index (χ4n) is 2.33. The minimum absolute atomic E-state index is 0.0823. The third-order valence-electron chi connectivity index (χ3n) is 3.71. The van der Waals surface area contributed by atoms with Crippen LogP contribution in [0.5, 0.6) is 0 Å². The van der Waals surface area contributed by atoms with Crippen LogP contribution in [-0.2, 0) is 11.3 Å².